The Kier molecular flexibility index (Phi) is 7.00. The largest absolute Gasteiger partial charge is 0.355 e. The van der Waals surface area contributed by atoms with Gasteiger partial charge in [0.15, 0.2) is 0 Å². The van der Waals surface area contributed by atoms with Crippen molar-refractivity contribution in [1.29, 1.82) is 0 Å². The number of nitrogens with one attached hydrogen (secondary N) is 2. The van der Waals surface area contributed by atoms with Crippen LogP contribution in [0.3, 0.4) is 0 Å². The first kappa shape index (κ1) is 15.7. The number of halogens is 1. The van der Waals surface area contributed by atoms with Gasteiger partial charge in [-0.1, -0.05) is 27.2 Å². The molecule has 0 spiro atoms. The fraction of sp³-hybridized carbons (Fsp3) is 0.917. The summed E-state index contributed by atoms with van der Waals surface area (Å²) in [5, 5.41) is 6.26. The monoisotopic (exact) mass is 248 g/mol. The van der Waals surface area contributed by atoms with Crippen molar-refractivity contribution in [3.63, 3.8) is 0 Å². The zero-order chi connectivity index (χ0) is 11.3. The van der Waals surface area contributed by atoms with Crippen LogP contribution in [-0.4, -0.2) is 25.0 Å². The van der Waals surface area contributed by atoms with Gasteiger partial charge in [-0.3, -0.25) is 4.79 Å². The van der Waals surface area contributed by atoms with Gasteiger partial charge in [-0.2, -0.15) is 0 Å². The topological polar surface area (TPSA) is 41.1 Å². The molecule has 3 nitrogen and oxygen atoms in total. The Balaban J connectivity index is 0.00000225. The van der Waals surface area contributed by atoms with E-state index in [0.717, 1.165) is 25.9 Å². The summed E-state index contributed by atoms with van der Waals surface area (Å²) in [4.78, 5) is 11.7. The van der Waals surface area contributed by atoms with Crippen molar-refractivity contribution in [3.05, 3.63) is 0 Å². The highest BCUT2D eigenvalue weighted by Gasteiger charge is 2.20. The van der Waals surface area contributed by atoms with Crippen LogP contribution >= 0.6 is 12.4 Å². The summed E-state index contributed by atoms with van der Waals surface area (Å²) >= 11 is 0. The second-order valence-electron chi connectivity index (χ2n) is 5.60. The molecule has 1 amide bonds. The fourth-order valence-electron chi connectivity index (χ4n) is 1.76. The van der Waals surface area contributed by atoms with E-state index in [1.54, 1.807) is 0 Å². The average Bonchev–Trinajstić information content (AvgIpc) is 2.17. The molecule has 1 rings (SSSR count). The number of hydrogen-bond donors (Lipinski definition) is 2. The molecule has 1 aliphatic rings. The first-order valence-electron chi connectivity index (χ1n) is 6.00. The van der Waals surface area contributed by atoms with Crippen LogP contribution in [0.25, 0.3) is 0 Å². The molecule has 0 unspecified atom stereocenters. The summed E-state index contributed by atoms with van der Waals surface area (Å²) in [5.41, 5.74) is 0.299. The maximum Gasteiger partial charge on any atom is 0.237 e. The van der Waals surface area contributed by atoms with E-state index >= 15 is 0 Å². The van der Waals surface area contributed by atoms with Gasteiger partial charge in [0.25, 0.3) is 0 Å². The van der Waals surface area contributed by atoms with E-state index in [1.165, 1.54) is 12.8 Å². The lowest BCUT2D eigenvalue weighted by molar-refractivity contribution is -0.123. The molecule has 1 fully saturated rings. The molecule has 96 valence electrons. The molecular formula is C12H25ClN2O. The number of carbonyl (C=O) groups is 1. The third-order valence-corrected chi connectivity index (χ3v) is 2.80. The Morgan fingerprint density at radius 2 is 2.06 bits per heavy atom. The Morgan fingerprint density at radius 3 is 2.56 bits per heavy atom. The number of rotatable bonds is 3. The third kappa shape index (κ3) is 6.33. The molecule has 4 heteroatoms. The molecule has 1 aliphatic heterocycles. The highest BCUT2D eigenvalue weighted by Crippen LogP contribution is 2.17. The number of piperidine rings is 1. The predicted octanol–water partition coefficient (Wildman–Crippen LogP) is 2.10. The fourth-order valence-corrected chi connectivity index (χ4v) is 1.76. The SMILES string of the molecule is CC(C)(C)CCNC(=O)[C@H]1CCCCN1.Cl. The maximum atomic E-state index is 11.7. The molecule has 0 aliphatic carbocycles. The van der Waals surface area contributed by atoms with Gasteiger partial charge in [0.05, 0.1) is 6.04 Å². The van der Waals surface area contributed by atoms with Crippen molar-refractivity contribution in [3.8, 4) is 0 Å². The minimum Gasteiger partial charge on any atom is -0.355 e. The smallest absolute Gasteiger partial charge is 0.237 e. The van der Waals surface area contributed by atoms with Crippen molar-refractivity contribution in [2.75, 3.05) is 13.1 Å². The normalized spacial score (nSPS) is 21.1. The summed E-state index contributed by atoms with van der Waals surface area (Å²) in [5.74, 6) is 0.180. The van der Waals surface area contributed by atoms with Gasteiger partial charge < -0.3 is 10.6 Å². The Bertz CT molecular complexity index is 208. The van der Waals surface area contributed by atoms with Gasteiger partial charge in [-0.25, -0.2) is 0 Å². The minimum atomic E-state index is 0. The van der Waals surface area contributed by atoms with E-state index in [9.17, 15) is 4.79 Å². The molecule has 1 saturated heterocycles. The molecule has 16 heavy (non-hydrogen) atoms. The molecule has 0 aromatic heterocycles. The second-order valence-corrected chi connectivity index (χ2v) is 5.60. The molecule has 0 saturated carbocycles. The lowest BCUT2D eigenvalue weighted by atomic mass is 9.92. The van der Waals surface area contributed by atoms with Crippen LogP contribution in [0.1, 0.15) is 46.5 Å². The number of amides is 1. The quantitative estimate of drug-likeness (QED) is 0.803. The summed E-state index contributed by atoms with van der Waals surface area (Å²) < 4.78 is 0. The van der Waals surface area contributed by atoms with Crippen LogP contribution in [0.2, 0.25) is 0 Å². The Labute approximate surface area is 105 Å². The standard InChI is InChI=1S/C12H24N2O.ClH/c1-12(2,3)7-9-14-11(15)10-6-4-5-8-13-10;/h10,13H,4-9H2,1-3H3,(H,14,15);1H/t10-;/m1./s1. The van der Waals surface area contributed by atoms with Crippen LogP contribution < -0.4 is 10.6 Å². The van der Waals surface area contributed by atoms with Crippen LogP contribution in [0.5, 0.6) is 0 Å². The van der Waals surface area contributed by atoms with Gasteiger partial charge >= 0.3 is 0 Å². The molecule has 0 aromatic carbocycles. The summed E-state index contributed by atoms with van der Waals surface area (Å²) in [6, 6.07) is 0.0544. The van der Waals surface area contributed by atoms with Crippen molar-refractivity contribution in [2.45, 2.75) is 52.5 Å². The molecule has 1 heterocycles. The molecule has 2 N–H and O–H groups in total. The number of hydrogen-bond acceptors (Lipinski definition) is 2. The van der Waals surface area contributed by atoms with E-state index in [0.29, 0.717) is 5.41 Å². The van der Waals surface area contributed by atoms with E-state index < -0.39 is 0 Å². The molecule has 0 bridgehead atoms. The molecule has 0 radical (unpaired) electrons. The van der Waals surface area contributed by atoms with Gasteiger partial charge in [-0.05, 0) is 31.2 Å². The van der Waals surface area contributed by atoms with Crippen LogP contribution in [0.15, 0.2) is 0 Å². The van der Waals surface area contributed by atoms with Crippen molar-refractivity contribution < 1.29 is 4.79 Å². The van der Waals surface area contributed by atoms with Crippen LogP contribution in [-0.2, 0) is 4.79 Å². The first-order chi connectivity index (χ1) is 6.99. The molecule has 1 atom stereocenters. The van der Waals surface area contributed by atoms with E-state index in [1.807, 2.05) is 0 Å². The Hall–Kier alpha value is -0.280. The lowest BCUT2D eigenvalue weighted by Gasteiger charge is -2.24. The highest BCUT2D eigenvalue weighted by atomic mass is 35.5. The minimum absolute atomic E-state index is 0. The summed E-state index contributed by atoms with van der Waals surface area (Å²) in [7, 11) is 0. The van der Waals surface area contributed by atoms with E-state index in [-0.39, 0.29) is 24.4 Å². The third-order valence-electron chi connectivity index (χ3n) is 2.80. The summed E-state index contributed by atoms with van der Waals surface area (Å²) in [6.45, 7) is 8.35. The first-order valence-corrected chi connectivity index (χ1v) is 6.00. The van der Waals surface area contributed by atoms with Gasteiger partial charge in [0.2, 0.25) is 5.91 Å². The van der Waals surface area contributed by atoms with Crippen molar-refractivity contribution >= 4 is 18.3 Å². The Morgan fingerprint density at radius 1 is 1.38 bits per heavy atom. The molecular weight excluding hydrogens is 224 g/mol. The zero-order valence-corrected chi connectivity index (χ0v) is 11.5. The molecule has 0 aromatic rings. The van der Waals surface area contributed by atoms with E-state index in [4.69, 9.17) is 0 Å². The van der Waals surface area contributed by atoms with Crippen LogP contribution in [0, 0.1) is 5.41 Å². The number of carbonyl (C=O) groups excluding carboxylic acids is 1. The van der Waals surface area contributed by atoms with Gasteiger partial charge in [0.1, 0.15) is 0 Å². The van der Waals surface area contributed by atoms with Crippen LogP contribution in [0.4, 0.5) is 0 Å². The van der Waals surface area contributed by atoms with Crippen molar-refractivity contribution in [1.82, 2.24) is 10.6 Å². The maximum absolute atomic E-state index is 11.7. The van der Waals surface area contributed by atoms with Crippen molar-refractivity contribution in [2.24, 2.45) is 5.41 Å². The predicted molar refractivity (Wildman–Crippen MR) is 70.0 cm³/mol. The lowest BCUT2D eigenvalue weighted by Crippen LogP contribution is -2.47. The zero-order valence-electron chi connectivity index (χ0n) is 10.6. The van der Waals surface area contributed by atoms with E-state index in [2.05, 4.69) is 31.4 Å². The average molecular weight is 249 g/mol. The van der Waals surface area contributed by atoms with Gasteiger partial charge in [0, 0.05) is 6.54 Å². The van der Waals surface area contributed by atoms with Gasteiger partial charge in [-0.15, -0.1) is 12.4 Å². The summed E-state index contributed by atoms with van der Waals surface area (Å²) in [6.07, 6.45) is 4.39. The second kappa shape index (κ2) is 7.13. The highest BCUT2D eigenvalue weighted by molar-refractivity contribution is 5.85.